The molecule has 3 aliphatic carbocycles. The number of nitrogens with zero attached hydrogens (tertiary/aromatic N) is 2. The van der Waals surface area contributed by atoms with E-state index in [0.717, 1.165) is 11.3 Å². The molecule has 3 aliphatic rings. The Kier molecular flexibility index (Phi) is 7.40. The van der Waals surface area contributed by atoms with Gasteiger partial charge in [-0.15, -0.1) is 0 Å². The first-order valence-corrected chi connectivity index (χ1v) is 14.0. The Balaban J connectivity index is 1.68. The summed E-state index contributed by atoms with van der Waals surface area (Å²) in [4.78, 5) is 43.7. The van der Waals surface area contributed by atoms with Gasteiger partial charge in [0.15, 0.2) is 11.4 Å². The van der Waals surface area contributed by atoms with Crippen molar-refractivity contribution >= 4 is 28.9 Å². The number of rotatable bonds is 6. The fourth-order valence-corrected chi connectivity index (χ4v) is 6.97. The number of aryl methyl sites for hydroxylation is 2. The first-order chi connectivity index (χ1) is 19.8. The lowest BCUT2D eigenvalue weighted by Crippen LogP contribution is -2.65. The van der Waals surface area contributed by atoms with Crippen molar-refractivity contribution < 1.29 is 34.8 Å². The highest BCUT2D eigenvalue weighted by atomic mass is 16.3. The van der Waals surface area contributed by atoms with E-state index < -0.39 is 58.0 Å². The number of fused-ring (bicyclic) bond motifs is 3. The fraction of sp³-hybridized carbons (Fsp3) is 0.406. The van der Waals surface area contributed by atoms with E-state index in [4.69, 9.17) is 0 Å². The number of nitrogens with one attached hydrogen (secondary N) is 1. The van der Waals surface area contributed by atoms with Gasteiger partial charge in [0.1, 0.15) is 22.8 Å². The van der Waals surface area contributed by atoms with Gasteiger partial charge in [-0.05, 0) is 68.5 Å². The third-order valence-electron chi connectivity index (χ3n) is 8.99. The van der Waals surface area contributed by atoms with Gasteiger partial charge in [-0.1, -0.05) is 30.3 Å². The second-order valence-corrected chi connectivity index (χ2v) is 11.8. The third-order valence-corrected chi connectivity index (χ3v) is 8.99. The Hall–Kier alpha value is -4.15. The van der Waals surface area contributed by atoms with Gasteiger partial charge in [-0.2, -0.15) is 0 Å². The molecule has 0 aromatic heterocycles. The average Bonchev–Trinajstić information content (AvgIpc) is 2.94. The molecule has 5 N–H and O–H groups in total. The molecule has 0 aliphatic heterocycles. The molecular weight excluding hydrogens is 538 g/mol. The highest BCUT2D eigenvalue weighted by Gasteiger charge is 2.64. The molecule has 1 saturated carbocycles. The Morgan fingerprint density at radius 2 is 1.71 bits per heavy atom. The molecule has 10 nitrogen and oxygen atoms in total. The number of anilines is 1. The van der Waals surface area contributed by atoms with E-state index >= 15 is 0 Å². The quantitative estimate of drug-likeness (QED) is 0.326. The van der Waals surface area contributed by atoms with Crippen LogP contribution in [-0.4, -0.2) is 89.7 Å². The van der Waals surface area contributed by atoms with Crippen LogP contribution in [-0.2, 0) is 33.6 Å². The Morgan fingerprint density at radius 1 is 1.05 bits per heavy atom. The van der Waals surface area contributed by atoms with E-state index in [1.807, 2.05) is 55.4 Å². The topological polar surface area (TPSA) is 151 Å². The normalized spacial score (nSPS) is 25.3. The summed E-state index contributed by atoms with van der Waals surface area (Å²) in [5, 5.41) is 48.5. The number of carbonyl (C=O) groups is 3. The summed E-state index contributed by atoms with van der Waals surface area (Å²) in [5.74, 6) is -5.90. The molecule has 0 spiro atoms. The van der Waals surface area contributed by atoms with Crippen LogP contribution in [0.4, 0.5) is 5.69 Å². The third kappa shape index (κ3) is 4.28. The van der Waals surface area contributed by atoms with Crippen LogP contribution in [0.5, 0.6) is 5.75 Å². The van der Waals surface area contributed by atoms with Gasteiger partial charge >= 0.3 is 0 Å². The van der Waals surface area contributed by atoms with Crippen molar-refractivity contribution in [1.82, 2.24) is 10.2 Å². The number of amides is 1. The number of carbonyl (C=O) groups excluding carboxylic acids is 3. The predicted molar refractivity (Wildman–Crippen MR) is 157 cm³/mol. The van der Waals surface area contributed by atoms with Crippen LogP contribution in [0.3, 0.4) is 0 Å². The Bertz CT molecular complexity index is 1540. The number of aliphatic hydroxyl groups is 3. The lowest BCUT2D eigenvalue weighted by Gasteiger charge is -2.50. The fourth-order valence-electron chi connectivity index (χ4n) is 6.97. The number of benzene rings is 2. The van der Waals surface area contributed by atoms with Gasteiger partial charge in [0.25, 0.3) is 5.91 Å². The van der Waals surface area contributed by atoms with Crippen molar-refractivity contribution in [2.24, 2.45) is 11.8 Å². The van der Waals surface area contributed by atoms with Crippen molar-refractivity contribution in [3.05, 3.63) is 75.6 Å². The van der Waals surface area contributed by atoms with Crippen LogP contribution >= 0.6 is 0 Å². The number of aliphatic hydroxyl groups excluding tert-OH is 2. The standard InChI is InChI=1S/C32H37N3O7/c1-33-31(41)24-28(38)25(35(4)5)20-14-18-13-19-21(34(2)3)15-17(12-11-16-9-7-6-8-10-16)26(36)23(19)27(37)22(18)29(39)32(20,42)30(24)40/h6-10,15,18,20,25,36-37,40,42H,11-14H2,1-5H3,(H,33,41). The number of ketones is 2. The molecule has 2 aromatic rings. The zero-order valence-electron chi connectivity index (χ0n) is 24.4. The largest absolute Gasteiger partial charge is 0.508 e. The minimum Gasteiger partial charge on any atom is -0.508 e. The lowest BCUT2D eigenvalue weighted by molar-refractivity contribution is -0.153. The van der Waals surface area contributed by atoms with Crippen molar-refractivity contribution in [2.75, 3.05) is 40.1 Å². The van der Waals surface area contributed by atoms with Crippen molar-refractivity contribution in [3.8, 4) is 5.75 Å². The molecular formula is C32H37N3O7. The zero-order valence-corrected chi connectivity index (χ0v) is 24.4. The maximum atomic E-state index is 14.2. The van der Waals surface area contributed by atoms with Crippen LogP contribution in [0.15, 0.2) is 53.3 Å². The molecule has 0 radical (unpaired) electrons. The second kappa shape index (κ2) is 10.6. The van der Waals surface area contributed by atoms with E-state index in [2.05, 4.69) is 5.32 Å². The van der Waals surface area contributed by atoms with Crippen LogP contribution < -0.4 is 10.2 Å². The minimum atomic E-state index is -2.62. The molecule has 0 heterocycles. The molecule has 42 heavy (non-hydrogen) atoms. The molecule has 2 aromatic carbocycles. The smallest absolute Gasteiger partial charge is 0.258 e. The van der Waals surface area contributed by atoms with Crippen molar-refractivity contribution in [1.29, 1.82) is 0 Å². The number of phenols is 1. The molecule has 1 amide bonds. The van der Waals surface area contributed by atoms with Crippen molar-refractivity contribution in [2.45, 2.75) is 37.3 Å². The van der Waals surface area contributed by atoms with E-state index in [9.17, 15) is 34.8 Å². The number of Topliss-reactive ketones (excluding diaryl/α,β-unsaturated/α-hetero) is 2. The summed E-state index contributed by atoms with van der Waals surface area (Å²) < 4.78 is 0. The van der Waals surface area contributed by atoms with E-state index in [1.54, 1.807) is 14.1 Å². The van der Waals surface area contributed by atoms with Crippen LogP contribution in [0.25, 0.3) is 5.76 Å². The van der Waals surface area contributed by atoms with Gasteiger partial charge in [-0.3, -0.25) is 19.3 Å². The molecule has 5 rings (SSSR count). The molecule has 222 valence electrons. The zero-order chi connectivity index (χ0) is 30.7. The van der Waals surface area contributed by atoms with Crippen molar-refractivity contribution in [3.63, 3.8) is 0 Å². The van der Waals surface area contributed by atoms with E-state index in [-0.39, 0.29) is 29.7 Å². The number of hydrogen-bond acceptors (Lipinski definition) is 9. The van der Waals surface area contributed by atoms with Gasteiger partial charge < -0.3 is 30.6 Å². The molecule has 1 fully saturated rings. The molecule has 10 heteroatoms. The monoisotopic (exact) mass is 575 g/mol. The summed E-state index contributed by atoms with van der Waals surface area (Å²) in [6, 6.07) is 10.6. The SMILES string of the molecule is CNC(=O)C1=C(O)C2(O)C(=O)C3=C(O)c4c(O)c(CCc5ccccc5)cc(N(C)C)c4CC3CC2C(N(C)C)C1=O. The highest BCUT2D eigenvalue weighted by molar-refractivity contribution is 6.25. The Labute approximate surface area is 244 Å². The summed E-state index contributed by atoms with van der Waals surface area (Å²) >= 11 is 0. The lowest BCUT2D eigenvalue weighted by atomic mass is 9.57. The molecule has 0 saturated heterocycles. The summed E-state index contributed by atoms with van der Waals surface area (Å²) in [7, 11) is 8.21. The maximum absolute atomic E-state index is 14.2. The van der Waals surface area contributed by atoms with Gasteiger partial charge in [-0.25, -0.2) is 0 Å². The second-order valence-electron chi connectivity index (χ2n) is 11.8. The maximum Gasteiger partial charge on any atom is 0.258 e. The van der Waals surface area contributed by atoms with Crippen LogP contribution in [0.2, 0.25) is 0 Å². The number of phenolic OH excluding ortho intramolecular Hbond substituents is 1. The summed E-state index contributed by atoms with van der Waals surface area (Å²) in [6.07, 6.45) is 1.45. The first-order valence-electron chi connectivity index (χ1n) is 14.0. The summed E-state index contributed by atoms with van der Waals surface area (Å²) in [5.41, 5.74) is -0.208. The highest BCUT2D eigenvalue weighted by Crippen LogP contribution is 2.54. The number of aromatic hydroxyl groups is 1. The predicted octanol–water partition coefficient (Wildman–Crippen LogP) is 2.08. The van der Waals surface area contributed by atoms with E-state index in [1.165, 1.54) is 11.9 Å². The Morgan fingerprint density at radius 3 is 2.31 bits per heavy atom. The molecule has 4 unspecified atom stereocenters. The van der Waals surface area contributed by atoms with Crippen LogP contribution in [0, 0.1) is 11.8 Å². The van der Waals surface area contributed by atoms with Gasteiger partial charge in [0.2, 0.25) is 5.78 Å². The first kappa shape index (κ1) is 29.3. The average molecular weight is 576 g/mol. The molecule has 0 bridgehead atoms. The summed E-state index contributed by atoms with van der Waals surface area (Å²) in [6.45, 7) is 0. The molecule has 4 atom stereocenters. The van der Waals surface area contributed by atoms with Crippen LogP contribution in [0.1, 0.15) is 28.7 Å². The van der Waals surface area contributed by atoms with E-state index in [0.29, 0.717) is 24.0 Å². The number of likely N-dealkylation sites (N-methyl/N-ethyl adjacent to an activating group) is 2. The van der Waals surface area contributed by atoms with Gasteiger partial charge in [0.05, 0.1) is 11.6 Å². The number of hydrogen-bond donors (Lipinski definition) is 5. The van der Waals surface area contributed by atoms with Gasteiger partial charge in [0, 0.05) is 38.3 Å². The minimum absolute atomic E-state index is 0.0735.